The monoisotopic (exact) mass is 373 g/mol. The van der Waals surface area contributed by atoms with E-state index in [2.05, 4.69) is 10.1 Å². The average Bonchev–Trinajstić information content (AvgIpc) is 2.71. The van der Waals surface area contributed by atoms with Crippen molar-refractivity contribution in [2.75, 3.05) is 34.5 Å². The highest BCUT2D eigenvalue weighted by atomic mass is 16.5. The zero-order chi connectivity index (χ0) is 19.6. The number of esters is 1. The van der Waals surface area contributed by atoms with Crippen molar-refractivity contribution < 1.29 is 28.5 Å². The van der Waals surface area contributed by atoms with Crippen LogP contribution in [0, 0.1) is 0 Å². The highest BCUT2D eigenvalue weighted by Crippen LogP contribution is 2.27. The average molecular weight is 373 g/mol. The van der Waals surface area contributed by atoms with E-state index in [-0.39, 0.29) is 12.5 Å². The van der Waals surface area contributed by atoms with E-state index in [0.29, 0.717) is 35.8 Å². The fraction of sp³-hybridized carbons (Fsp3) is 0.300. The molecule has 0 aliphatic carbocycles. The maximum atomic E-state index is 11.9. The van der Waals surface area contributed by atoms with Crippen LogP contribution in [-0.2, 0) is 16.0 Å². The Morgan fingerprint density at radius 1 is 0.963 bits per heavy atom. The summed E-state index contributed by atoms with van der Waals surface area (Å²) >= 11 is 0. The van der Waals surface area contributed by atoms with Crippen LogP contribution in [0.25, 0.3) is 0 Å². The quantitative estimate of drug-likeness (QED) is 0.679. The highest BCUT2D eigenvalue weighted by Gasteiger charge is 2.08. The second kappa shape index (κ2) is 10.1. The molecule has 0 radical (unpaired) electrons. The van der Waals surface area contributed by atoms with Crippen LogP contribution in [0.1, 0.15) is 15.9 Å². The van der Waals surface area contributed by atoms with Crippen molar-refractivity contribution in [3.8, 4) is 17.2 Å². The number of amides is 1. The summed E-state index contributed by atoms with van der Waals surface area (Å²) < 4.78 is 20.5. The number of carbonyl (C=O) groups excluding carboxylic acids is 2. The molecule has 0 spiro atoms. The minimum atomic E-state index is -0.458. The van der Waals surface area contributed by atoms with E-state index in [1.54, 1.807) is 32.4 Å². The minimum Gasteiger partial charge on any atom is -0.493 e. The zero-order valence-corrected chi connectivity index (χ0v) is 15.6. The highest BCUT2D eigenvalue weighted by molar-refractivity contribution is 5.89. The lowest BCUT2D eigenvalue weighted by Gasteiger charge is -2.10. The molecule has 2 aromatic carbocycles. The van der Waals surface area contributed by atoms with Gasteiger partial charge in [-0.25, -0.2) is 4.79 Å². The van der Waals surface area contributed by atoms with Gasteiger partial charge in [0.15, 0.2) is 18.1 Å². The van der Waals surface area contributed by atoms with Gasteiger partial charge >= 0.3 is 5.97 Å². The van der Waals surface area contributed by atoms with Crippen molar-refractivity contribution in [2.24, 2.45) is 0 Å². The van der Waals surface area contributed by atoms with Crippen molar-refractivity contribution >= 4 is 11.9 Å². The minimum absolute atomic E-state index is 0.142. The lowest BCUT2D eigenvalue weighted by atomic mass is 10.1. The third-order valence-electron chi connectivity index (χ3n) is 3.81. The van der Waals surface area contributed by atoms with Gasteiger partial charge in [0.25, 0.3) is 5.91 Å². The van der Waals surface area contributed by atoms with E-state index in [1.807, 2.05) is 18.2 Å². The molecule has 1 N–H and O–H groups in total. The van der Waals surface area contributed by atoms with Gasteiger partial charge in [-0.2, -0.15) is 0 Å². The predicted octanol–water partition coefficient (Wildman–Crippen LogP) is 2.23. The van der Waals surface area contributed by atoms with Crippen LogP contribution in [-0.4, -0.2) is 46.4 Å². The van der Waals surface area contributed by atoms with Gasteiger partial charge < -0.3 is 24.3 Å². The Balaban J connectivity index is 1.79. The van der Waals surface area contributed by atoms with E-state index in [0.717, 1.165) is 5.56 Å². The van der Waals surface area contributed by atoms with Crippen LogP contribution >= 0.6 is 0 Å². The molecule has 0 saturated heterocycles. The molecule has 0 bridgehead atoms. The zero-order valence-electron chi connectivity index (χ0n) is 15.6. The van der Waals surface area contributed by atoms with Gasteiger partial charge in [0, 0.05) is 6.54 Å². The third kappa shape index (κ3) is 5.91. The van der Waals surface area contributed by atoms with Crippen molar-refractivity contribution in [2.45, 2.75) is 6.42 Å². The summed E-state index contributed by atoms with van der Waals surface area (Å²) in [6.07, 6.45) is 0.643. The summed E-state index contributed by atoms with van der Waals surface area (Å²) in [4.78, 5) is 23.4. The molecule has 7 heteroatoms. The molecule has 0 aliphatic rings. The predicted molar refractivity (Wildman–Crippen MR) is 99.5 cm³/mol. The molecule has 0 heterocycles. The first-order valence-electron chi connectivity index (χ1n) is 8.36. The van der Waals surface area contributed by atoms with Crippen LogP contribution in [0.3, 0.4) is 0 Å². The van der Waals surface area contributed by atoms with E-state index < -0.39 is 5.97 Å². The van der Waals surface area contributed by atoms with Gasteiger partial charge in [-0.3, -0.25) is 4.79 Å². The Bertz CT molecular complexity index is 790. The lowest BCUT2D eigenvalue weighted by molar-refractivity contribution is -0.123. The summed E-state index contributed by atoms with van der Waals surface area (Å²) in [5, 5.41) is 2.79. The molecule has 0 saturated carbocycles. The molecular weight excluding hydrogens is 350 g/mol. The van der Waals surface area contributed by atoms with Gasteiger partial charge in [-0.1, -0.05) is 12.1 Å². The van der Waals surface area contributed by atoms with Crippen molar-refractivity contribution in [1.82, 2.24) is 5.32 Å². The fourth-order valence-corrected chi connectivity index (χ4v) is 2.41. The molecule has 144 valence electrons. The van der Waals surface area contributed by atoms with Crippen molar-refractivity contribution in [1.29, 1.82) is 0 Å². The number of ether oxygens (including phenoxy) is 4. The molecule has 2 rings (SSSR count). The van der Waals surface area contributed by atoms with Crippen LogP contribution < -0.4 is 19.5 Å². The Kier molecular flexibility index (Phi) is 7.49. The topological polar surface area (TPSA) is 83.1 Å². The summed E-state index contributed by atoms with van der Waals surface area (Å²) in [6.45, 7) is 0.316. The van der Waals surface area contributed by atoms with Crippen LogP contribution in [0.2, 0.25) is 0 Å². The first-order chi connectivity index (χ1) is 13.1. The van der Waals surface area contributed by atoms with E-state index in [4.69, 9.17) is 14.2 Å². The van der Waals surface area contributed by atoms with Crippen LogP contribution in [0.5, 0.6) is 17.2 Å². The first kappa shape index (κ1) is 20.1. The van der Waals surface area contributed by atoms with Gasteiger partial charge in [0.1, 0.15) is 5.75 Å². The van der Waals surface area contributed by atoms with Gasteiger partial charge in [0.2, 0.25) is 0 Å². The number of nitrogens with one attached hydrogen (secondary N) is 1. The number of hydrogen-bond acceptors (Lipinski definition) is 6. The molecule has 7 nitrogen and oxygen atoms in total. The van der Waals surface area contributed by atoms with Crippen molar-refractivity contribution in [3.05, 3.63) is 53.6 Å². The Hall–Kier alpha value is -3.22. The van der Waals surface area contributed by atoms with Gasteiger partial charge in [-0.05, 0) is 42.3 Å². The molecular formula is C20H23NO6. The molecule has 0 aromatic heterocycles. The molecule has 0 fully saturated rings. The SMILES string of the molecule is COC(=O)c1cccc(OCC(=O)NCCc2ccc(OC)c(OC)c2)c1. The maximum Gasteiger partial charge on any atom is 0.337 e. The number of rotatable bonds is 9. The second-order valence-corrected chi connectivity index (χ2v) is 5.60. The first-order valence-corrected chi connectivity index (χ1v) is 8.36. The standard InChI is InChI=1S/C20H23NO6/c1-24-17-8-7-14(11-18(17)25-2)9-10-21-19(22)13-27-16-6-4-5-15(12-16)20(23)26-3/h4-8,11-12H,9-10,13H2,1-3H3,(H,21,22). The summed E-state index contributed by atoms with van der Waals surface area (Å²) in [6, 6.07) is 12.1. The smallest absolute Gasteiger partial charge is 0.337 e. The van der Waals surface area contributed by atoms with E-state index in [9.17, 15) is 9.59 Å². The summed E-state index contributed by atoms with van der Waals surface area (Å²) in [7, 11) is 4.47. The van der Waals surface area contributed by atoms with Gasteiger partial charge in [-0.15, -0.1) is 0 Å². The van der Waals surface area contributed by atoms with Crippen LogP contribution in [0.4, 0.5) is 0 Å². The summed E-state index contributed by atoms with van der Waals surface area (Å²) in [5.41, 5.74) is 1.38. The molecule has 27 heavy (non-hydrogen) atoms. The Labute approximate surface area is 158 Å². The molecule has 0 unspecified atom stereocenters. The number of hydrogen-bond donors (Lipinski definition) is 1. The molecule has 2 aromatic rings. The van der Waals surface area contributed by atoms with E-state index in [1.165, 1.54) is 13.2 Å². The number of methoxy groups -OCH3 is 3. The maximum absolute atomic E-state index is 11.9. The van der Waals surface area contributed by atoms with Crippen LogP contribution in [0.15, 0.2) is 42.5 Å². The Morgan fingerprint density at radius 3 is 2.44 bits per heavy atom. The summed E-state index contributed by atoms with van der Waals surface area (Å²) in [5.74, 6) is 1.02. The fourth-order valence-electron chi connectivity index (χ4n) is 2.41. The molecule has 0 atom stereocenters. The third-order valence-corrected chi connectivity index (χ3v) is 3.81. The normalized spacial score (nSPS) is 10.0. The van der Waals surface area contributed by atoms with Crippen molar-refractivity contribution in [3.63, 3.8) is 0 Å². The number of carbonyl (C=O) groups is 2. The van der Waals surface area contributed by atoms with E-state index >= 15 is 0 Å². The Morgan fingerprint density at radius 2 is 1.74 bits per heavy atom. The second-order valence-electron chi connectivity index (χ2n) is 5.60. The largest absolute Gasteiger partial charge is 0.493 e. The lowest BCUT2D eigenvalue weighted by Crippen LogP contribution is -2.30. The molecule has 1 amide bonds. The molecule has 0 aliphatic heterocycles. The number of benzene rings is 2. The van der Waals surface area contributed by atoms with Gasteiger partial charge in [0.05, 0.1) is 26.9 Å².